The van der Waals surface area contributed by atoms with E-state index in [-0.39, 0.29) is 22.5 Å². The van der Waals surface area contributed by atoms with Gasteiger partial charge in [-0.1, -0.05) is 27.2 Å². The van der Waals surface area contributed by atoms with E-state index < -0.39 is 9.84 Å². The Morgan fingerprint density at radius 1 is 1.22 bits per heavy atom. The van der Waals surface area contributed by atoms with Gasteiger partial charge in [-0.3, -0.25) is 0 Å². The van der Waals surface area contributed by atoms with E-state index in [9.17, 15) is 8.42 Å². The predicted octanol–water partition coefficient (Wildman–Crippen LogP) is 2.61. The highest BCUT2D eigenvalue weighted by Gasteiger charge is 2.41. The average Bonchev–Trinajstić information content (AvgIpc) is 2.36. The van der Waals surface area contributed by atoms with Gasteiger partial charge in [0.2, 0.25) is 0 Å². The van der Waals surface area contributed by atoms with Crippen LogP contribution in [-0.2, 0) is 9.84 Å². The molecule has 1 aliphatic carbocycles. The lowest BCUT2D eigenvalue weighted by Crippen LogP contribution is -2.50. The lowest BCUT2D eigenvalue weighted by atomic mass is 9.84. The number of nitrogens with one attached hydrogen (secondary N) is 1. The van der Waals surface area contributed by atoms with Gasteiger partial charge in [-0.2, -0.15) is 0 Å². The summed E-state index contributed by atoms with van der Waals surface area (Å²) in [4.78, 5) is 0. The van der Waals surface area contributed by atoms with Crippen LogP contribution < -0.4 is 5.32 Å². The van der Waals surface area contributed by atoms with Gasteiger partial charge in [-0.25, -0.2) is 8.42 Å². The summed E-state index contributed by atoms with van der Waals surface area (Å²) in [7, 11) is -1.14. The summed E-state index contributed by atoms with van der Waals surface area (Å²) in [5.41, 5.74) is 0. The molecule has 0 heterocycles. The summed E-state index contributed by atoms with van der Waals surface area (Å²) in [6, 6.07) is 0.138. The monoisotopic (exact) mass is 275 g/mol. The number of rotatable bonds is 5. The molecule has 3 nitrogen and oxygen atoms in total. The Labute approximate surface area is 113 Å². The van der Waals surface area contributed by atoms with E-state index in [2.05, 4.69) is 12.2 Å². The smallest absolute Gasteiger partial charge is 0.157 e. The molecule has 0 aliphatic heterocycles. The predicted molar refractivity (Wildman–Crippen MR) is 77.5 cm³/mol. The van der Waals surface area contributed by atoms with Crippen LogP contribution in [0.1, 0.15) is 53.4 Å². The van der Waals surface area contributed by atoms with E-state index in [1.165, 1.54) is 0 Å². The molecule has 4 unspecified atom stereocenters. The number of hydrogen-bond donors (Lipinski definition) is 1. The van der Waals surface area contributed by atoms with Gasteiger partial charge < -0.3 is 5.32 Å². The average molecular weight is 275 g/mol. The quantitative estimate of drug-likeness (QED) is 0.839. The highest BCUT2D eigenvalue weighted by Crippen LogP contribution is 2.33. The fourth-order valence-corrected chi connectivity index (χ4v) is 5.51. The van der Waals surface area contributed by atoms with Crippen molar-refractivity contribution >= 4 is 9.84 Å². The van der Waals surface area contributed by atoms with Gasteiger partial charge in [0.15, 0.2) is 9.84 Å². The third-order valence-corrected chi connectivity index (χ3v) is 7.67. The van der Waals surface area contributed by atoms with Crippen molar-refractivity contribution in [1.82, 2.24) is 5.32 Å². The third-order valence-electron chi connectivity index (χ3n) is 4.73. The maximum Gasteiger partial charge on any atom is 0.157 e. The first-order chi connectivity index (χ1) is 8.34. The van der Waals surface area contributed by atoms with Crippen molar-refractivity contribution in [3.8, 4) is 0 Å². The molecule has 4 heteroatoms. The standard InChI is InChI=1S/C14H29NO2S/c1-6-12-7-8-13(15-5)14(9-12)18(16,17)11(4)10(2)3/h10-15H,6-9H2,1-5H3. The van der Waals surface area contributed by atoms with Gasteiger partial charge in [0, 0.05) is 6.04 Å². The molecule has 18 heavy (non-hydrogen) atoms. The second-order valence-electron chi connectivity index (χ2n) is 6.06. The van der Waals surface area contributed by atoms with E-state index in [1.807, 2.05) is 27.8 Å². The van der Waals surface area contributed by atoms with Crippen LogP contribution in [0.3, 0.4) is 0 Å². The molecule has 1 fully saturated rings. The van der Waals surface area contributed by atoms with E-state index in [0.717, 1.165) is 25.7 Å². The minimum Gasteiger partial charge on any atom is -0.316 e. The van der Waals surface area contributed by atoms with Gasteiger partial charge in [0.1, 0.15) is 0 Å². The second-order valence-corrected chi connectivity index (χ2v) is 8.59. The molecular formula is C14H29NO2S. The SMILES string of the molecule is CCC1CCC(NC)C(S(=O)(=O)C(C)C(C)C)C1. The van der Waals surface area contributed by atoms with Gasteiger partial charge in [-0.15, -0.1) is 0 Å². The van der Waals surface area contributed by atoms with Crippen LogP contribution in [-0.4, -0.2) is 32.0 Å². The molecule has 1 aliphatic rings. The zero-order valence-electron chi connectivity index (χ0n) is 12.4. The molecule has 0 aromatic carbocycles. The molecule has 0 amide bonds. The minimum atomic E-state index is -3.03. The molecule has 4 atom stereocenters. The minimum absolute atomic E-state index is 0.138. The van der Waals surface area contributed by atoms with Gasteiger partial charge in [0.25, 0.3) is 0 Å². The first-order valence-corrected chi connectivity index (χ1v) is 8.85. The fourth-order valence-electron chi connectivity index (χ4n) is 2.93. The summed E-state index contributed by atoms with van der Waals surface area (Å²) < 4.78 is 25.4. The number of sulfone groups is 1. The molecule has 1 rings (SSSR count). The van der Waals surface area contributed by atoms with Crippen LogP contribution >= 0.6 is 0 Å². The van der Waals surface area contributed by atoms with Gasteiger partial charge >= 0.3 is 0 Å². The Morgan fingerprint density at radius 3 is 2.28 bits per heavy atom. The Hall–Kier alpha value is -0.0900. The molecule has 0 aromatic heterocycles. The van der Waals surface area contributed by atoms with Crippen LogP contribution in [0.15, 0.2) is 0 Å². The van der Waals surface area contributed by atoms with Gasteiger partial charge in [0.05, 0.1) is 10.5 Å². The topological polar surface area (TPSA) is 46.2 Å². The van der Waals surface area contributed by atoms with E-state index in [1.54, 1.807) is 0 Å². The van der Waals surface area contributed by atoms with Crippen molar-refractivity contribution < 1.29 is 8.42 Å². The molecule has 0 spiro atoms. The van der Waals surface area contributed by atoms with Crippen LogP contribution in [0, 0.1) is 11.8 Å². The fraction of sp³-hybridized carbons (Fsp3) is 1.00. The maximum atomic E-state index is 12.7. The summed E-state index contributed by atoms with van der Waals surface area (Å²) in [6.45, 7) is 8.02. The Morgan fingerprint density at radius 2 is 1.83 bits per heavy atom. The van der Waals surface area contributed by atoms with Crippen LogP contribution in [0.25, 0.3) is 0 Å². The second kappa shape index (κ2) is 6.38. The Balaban J connectivity index is 2.94. The summed E-state index contributed by atoms with van der Waals surface area (Å²) in [5.74, 6) is 0.767. The molecule has 1 N–H and O–H groups in total. The summed E-state index contributed by atoms with van der Waals surface area (Å²) >= 11 is 0. The molecular weight excluding hydrogens is 246 g/mol. The third kappa shape index (κ3) is 3.27. The van der Waals surface area contributed by atoms with Crippen molar-refractivity contribution in [2.45, 2.75) is 69.9 Å². The zero-order valence-corrected chi connectivity index (χ0v) is 13.3. The van der Waals surface area contributed by atoms with E-state index in [4.69, 9.17) is 0 Å². The summed E-state index contributed by atoms with van der Waals surface area (Å²) in [6.07, 6.45) is 4.08. The van der Waals surface area contributed by atoms with Crippen LogP contribution in [0.5, 0.6) is 0 Å². The van der Waals surface area contributed by atoms with Crippen molar-refractivity contribution in [2.75, 3.05) is 7.05 Å². The maximum absolute atomic E-state index is 12.7. The summed E-state index contributed by atoms with van der Waals surface area (Å²) in [5, 5.41) is 2.78. The Kier molecular flexibility index (Phi) is 5.66. The van der Waals surface area contributed by atoms with E-state index >= 15 is 0 Å². The van der Waals surface area contributed by atoms with Crippen molar-refractivity contribution in [3.05, 3.63) is 0 Å². The lowest BCUT2D eigenvalue weighted by molar-refractivity contribution is 0.294. The van der Waals surface area contributed by atoms with Crippen molar-refractivity contribution in [2.24, 2.45) is 11.8 Å². The van der Waals surface area contributed by atoms with Crippen LogP contribution in [0.2, 0.25) is 0 Å². The van der Waals surface area contributed by atoms with Crippen molar-refractivity contribution in [3.63, 3.8) is 0 Å². The van der Waals surface area contributed by atoms with Crippen LogP contribution in [0.4, 0.5) is 0 Å². The first-order valence-electron chi connectivity index (χ1n) is 7.24. The molecule has 0 saturated heterocycles. The molecule has 0 radical (unpaired) electrons. The highest BCUT2D eigenvalue weighted by atomic mass is 32.2. The zero-order chi connectivity index (χ0) is 13.9. The lowest BCUT2D eigenvalue weighted by Gasteiger charge is -2.37. The molecule has 108 valence electrons. The largest absolute Gasteiger partial charge is 0.316 e. The van der Waals surface area contributed by atoms with Gasteiger partial charge in [-0.05, 0) is 45.1 Å². The Bertz CT molecular complexity index is 351. The molecule has 1 saturated carbocycles. The normalized spacial score (nSPS) is 31.6. The van der Waals surface area contributed by atoms with Crippen molar-refractivity contribution in [1.29, 1.82) is 0 Å². The molecule has 0 bridgehead atoms. The van der Waals surface area contributed by atoms with E-state index in [0.29, 0.717) is 5.92 Å². The highest BCUT2D eigenvalue weighted by molar-refractivity contribution is 7.92. The number of hydrogen-bond acceptors (Lipinski definition) is 3. The molecule has 0 aromatic rings. The first kappa shape index (κ1) is 16.0.